The van der Waals surface area contributed by atoms with E-state index in [2.05, 4.69) is 52.2 Å². The van der Waals surface area contributed by atoms with Gasteiger partial charge in [0.05, 0.1) is 52.9 Å². The molecule has 0 fully saturated rings. The molecule has 25 heteroatoms. The molecule has 2 unspecified atom stereocenters. The van der Waals surface area contributed by atoms with Gasteiger partial charge >= 0.3 is 61.3 Å². The third kappa shape index (κ3) is 78.5. The monoisotopic (exact) mass is 1620 g/mol. The Hall–Kier alpha value is -2.04. The van der Waals surface area contributed by atoms with Gasteiger partial charge in [-0.25, -0.2) is 4.57 Å². The molecule has 6 atom stereocenters. The van der Waals surface area contributed by atoms with Crippen LogP contribution in [-0.2, 0) is 84.4 Å². The van der Waals surface area contributed by atoms with Crippen LogP contribution in [0.25, 0.3) is 0 Å². The molecule has 0 aliphatic rings. The summed E-state index contributed by atoms with van der Waals surface area (Å²) in [6.07, 6.45) is 55.4. The molecular formula is C85H163N2NaO20P2. The number of unbranched alkanes of at least 4 members (excludes halogenated alkanes) is 44. The number of hydrogen-bond acceptors (Lipinski definition) is 19. The van der Waals surface area contributed by atoms with E-state index in [0.717, 1.165) is 148 Å². The summed E-state index contributed by atoms with van der Waals surface area (Å²) in [7, 11) is -9.80. The van der Waals surface area contributed by atoms with E-state index in [4.69, 9.17) is 46.5 Å². The van der Waals surface area contributed by atoms with E-state index in [9.17, 15) is 47.7 Å². The second-order valence-electron chi connectivity index (χ2n) is 30.4. The normalized spacial score (nSPS) is 13.7. The zero-order valence-corrected chi connectivity index (χ0v) is 75.0. The molecule has 0 radical (unpaired) electrons. The standard InChI is InChI=1S/C85H164N2O20P2.Na/c1-7-13-19-25-29-33-35-39-43-49-55-61-84(92)106-78(72-98-67-63-76(57-51-45-23-17-11-5)104-82(90)59-53-47-41-37-31-27-21-15-9-3)74-102-108(94,95)100-69-65-86-80(88)71-81(89)87-66-70-101-109(96,97)103-75-79(107-85(93)62-56-50-44-40-36-34-30-26-20-14-8-2)73-99-68-64-77(58-52-46-24-18-12-6)105-83(91)60-54-48-42-38-32-28-22-16-10-4;/h76-79H,7-75H2,1-6H3,(H,86,88)(H,87,89)(H,94,95)(H,96,97);/q;+1/p-1/t76-,77+,78-,79-;/m0./s1. The van der Waals surface area contributed by atoms with Gasteiger partial charge in [0.2, 0.25) is 11.8 Å². The quantitative estimate of drug-likeness (QED) is 0.0127. The third-order valence-corrected chi connectivity index (χ3v) is 21.6. The molecule has 0 aliphatic heterocycles. The Morgan fingerprint density at radius 1 is 0.300 bits per heavy atom. The van der Waals surface area contributed by atoms with E-state index in [-0.39, 0.29) is 106 Å². The number of carbonyl (C=O) groups excluding carboxylic acids is 6. The molecule has 3 N–H and O–H groups in total. The number of ether oxygens (including phenoxy) is 6. The van der Waals surface area contributed by atoms with Crippen molar-refractivity contribution < 1.29 is 124 Å². The fraction of sp³-hybridized carbons (Fsp3) is 0.929. The number of carbonyl (C=O) groups is 6. The molecule has 2 amide bonds. The minimum Gasteiger partial charge on any atom is -0.756 e. The second-order valence-corrected chi connectivity index (χ2v) is 33.2. The number of rotatable bonds is 86. The smallest absolute Gasteiger partial charge is 0.756 e. The van der Waals surface area contributed by atoms with Gasteiger partial charge < -0.3 is 57.9 Å². The average Bonchev–Trinajstić information content (AvgIpc) is 0.922. The van der Waals surface area contributed by atoms with Crippen molar-refractivity contribution >= 4 is 51.3 Å². The Balaban J connectivity index is 0. The van der Waals surface area contributed by atoms with Crippen molar-refractivity contribution in [2.24, 2.45) is 0 Å². The van der Waals surface area contributed by atoms with E-state index in [1.54, 1.807) is 0 Å². The number of nitrogens with one attached hydrogen (secondary N) is 2. The largest absolute Gasteiger partial charge is 1.00 e. The predicted molar refractivity (Wildman–Crippen MR) is 435 cm³/mol. The van der Waals surface area contributed by atoms with E-state index in [1.807, 2.05) is 0 Å². The SMILES string of the molecule is CCCCCCCCCCCCCC(=O)O[C@@H](COCC[C@@H](CCCCCCC)OC(=O)CCCCCCCCCCC)COP(=O)([O-])OCCNC(=O)CC(=O)NCCOP(=O)(O)OC[C@H](COCC[C@H](CCCCCCC)OC(=O)CCCCCCCCCCC)OC(=O)CCCCCCCCCCCCC.[Na+]. The van der Waals surface area contributed by atoms with Gasteiger partial charge in [0.15, 0.2) is 0 Å². The Kier molecular flexibility index (Phi) is 82.1. The molecule has 0 spiro atoms. The molecule has 0 aromatic rings. The molecule has 0 heterocycles. The van der Waals surface area contributed by atoms with Gasteiger partial charge in [-0.3, -0.25) is 42.4 Å². The van der Waals surface area contributed by atoms with Crippen LogP contribution in [0.3, 0.4) is 0 Å². The van der Waals surface area contributed by atoms with E-state index >= 15 is 0 Å². The van der Waals surface area contributed by atoms with Crippen molar-refractivity contribution in [1.29, 1.82) is 0 Å². The predicted octanol–water partition coefficient (Wildman–Crippen LogP) is 18.7. The Morgan fingerprint density at radius 3 is 0.836 bits per heavy atom. The molecular weight excluding hydrogens is 1450 g/mol. The maximum Gasteiger partial charge on any atom is 1.00 e. The summed E-state index contributed by atoms with van der Waals surface area (Å²) in [4.78, 5) is 101. The van der Waals surface area contributed by atoms with Crippen LogP contribution in [0.1, 0.15) is 420 Å². The summed E-state index contributed by atoms with van der Waals surface area (Å²) in [6.45, 7) is 10.4. The first-order valence-electron chi connectivity index (χ1n) is 44.6. The first kappa shape index (κ1) is 110. The summed E-state index contributed by atoms with van der Waals surface area (Å²) in [5, 5.41) is 4.84. The summed E-state index contributed by atoms with van der Waals surface area (Å²) in [5.41, 5.74) is 0. The van der Waals surface area contributed by atoms with Crippen LogP contribution in [0.2, 0.25) is 0 Å². The third-order valence-electron chi connectivity index (χ3n) is 19.7. The van der Waals surface area contributed by atoms with Gasteiger partial charge in [-0.2, -0.15) is 0 Å². The van der Waals surface area contributed by atoms with Crippen LogP contribution in [0.4, 0.5) is 0 Å². The number of amides is 2. The van der Waals surface area contributed by atoms with Crippen molar-refractivity contribution in [1.82, 2.24) is 10.6 Å². The minimum absolute atomic E-state index is 0. The van der Waals surface area contributed by atoms with Crippen molar-refractivity contribution in [3.05, 3.63) is 0 Å². The molecule has 0 aliphatic carbocycles. The van der Waals surface area contributed by atoms with Gasteiger partial charge in [0.1, 0.15) is 30.8 Å². The molecule has 0 bridgehead atoms. The average molecular weight is 1620 g/mol. The first-order valence-corrected chi connectivity index (χ1v) is 47.6. The molecule has 22 nitrogen and oxygen atoms in total. The zero-order valence-electron chi connectivity index (χ0n) is 71.2. The van der Waals surface area contributed by atoms with Crippen LogP contribution >= 0.6 is 15.6 Å². The van der Waals surface area contributed by atoms with Gasteiger partial charge in [-0.1, -0.05) is 324 Å². The van der Waals surface area contributed by atoms with E-state index in [1.165, 1.54) is 161 Å². The summed E-state index contributed by atoms with van der Waals surface area (Å²) in [5.74, 6) is -2.99. The van der Waals surface area contributed by atoms with Crippen molar-refractivity contribution in [2.75, 3.05) is 65.9 Å². The maximum absolute atomic E-state index is 13.2. The Labute approximate surface area is 692 Å². The fourth-order valence-corrected chi connectivity index (χ4v) is 14.5. The molecule has 0 rings (SSSR count). The molecule has 0 saturated heterocycles. The van der Waals surface area contributed by atoms with Crippen LogP contribution in [-0.4, -0.2) is 131 Å². The number of esters is 4. The maximum atomic E-state index is 13.2. The first-order chi connectivity index (χ1) is 52.9. The molecule has 0 saturated carbocycles. The van der Waals surface area contributed by atoms with Gasteiger partial charge in [-0.15, -0.1) is 0 Å². The van der Waals surface area contributed by atoms with Crippen LogP contribution in [0.15, 0.2) is 0 Å². The van der Waals surface area contributed by atoms with Gasteiger partial charge in [0.25, 0.3) is 7.82 Å². The summed E-state index contributed by atoms with van der Waals surface area (Å²) in [6, 6.07) is 0. The molecule has 644 valence electrons. The van der Waals surface area contributed by atoms with Crippen LogP contribution in [0, 0.1) is 0 Å². The van der Waals surface area contributed by atoms with Crippen molar-refractivity contribution in [2.45, 2.75) is 445 Å². The molecule has 0 aromatic heterocycles. The molecule has 0 aromatic carbocycles. The number of hydrogen-bond donors (Lipinski definition) is 3. The number of phosphoric ester groups is 2. The van der Waals surface area contributed by atoms with Gasteiger partial charge in [-0.05, 0) is 51.4 Å². The Bertz CT molecular complexity index is 2080. The summed E-state index contributed by atoms with van der Waals surface area (Å²) < 4.78 is 82.2. The van der Waals surface area contributed by atoms with Gasteiger partial charge in [0, 0.05) is 51.6 Å². The molecule has 110 heavy (non-hydrogen) atoms. The van der Waals surface area contributed by atoms with Crippen molar-refractivity contribution in [3.63, 3.8) is 0 Å². The second kappa shape index (κ2) is 82.1. The van der Waals surface area contributed by atoms with E-state index in [0.29, 0.717) is 51.4 Å². The van der Waals surface area contributed by atoms with Crippen LogP contribution in [0.5, 0.6) is 0 Å². The van der Waals surface area contributed by atoms with Crippen LogP contribution < -0.4 is 45.1 Å². The number of phosphoric acid groups is 2. The minimum atomic E-state index is -5.02. The van der Waals surface area contributed by atoms with E-state index < -0.39 is 84.5 Å². The zero-order chi connectivity index (χ0) is 80.0. The summed E-state index contributed by atoms with van der Waals surface area (Å²) >= 11 is 0. The van der Waals surface area contributed by atoms with Crippen molar-refractivity contribution in [3.8, 4) is 0 Å². The Morgan fingerprint density at radius 2 is 0.545 bits per heavy atom. The topological polar surface area (TPSA) is 296 Å². The fourth-order valence-electron chi connectivity index (χ4n) is 13.0.